The van der Waals surface area contributed by atoms with E-state index >= 15 is 0 Å². The van der Waals surface area contributed by atoms with Gasteiger partial charge in [0.1, 0.15) is 5.75 Å². The van der Waals surface area contributed by atoms with Gasteiger partial charge in [-0.05, 0) is 84.1 Å². The van der Waals surface area contributed by atoms with E-state index in [4.69, 9.17) is 15.5 Å². The van der Waals surface area contributed by atoms with Gasteiger partial charge >= 0.3 is 0 Å². The molecule has 4 rings (SSSR count). The number of likely N-dealkylation sites (tertiary alicyclic amines) is 1. The largest absolute Gasteiger partial charge is 0.489 e. The summed E-state index contributed by atoms with van der Waals surface area (Å²) < 4.78 is 6.56. The van der Waals surface area contributed by atoms with E-state index in [1.54, 1.807) is 6.20 Å². The maximum atomic E-state index is 6.56. The van der Waals surface area contributed by atoms with Crippen molar-refractivity contribution in [3.8, 4) is 5.75 Å². The molecule has 0 aromatic heterocycles. The fourth-order valence-electron chi connectivity index (χ4n) is 4.52. The van der Waals surface area contributed by atoms with Crippen molar-refractivity contribution in [3.05, 3.63) is 29.5 Å². The molecule has 2 N–H and O–H groups in total. The minimum Gasteiger partial charge on any atom is -0.489 e. The van der Waals surface area contributed by atoms with Crippen LogP contribution in [0.2, 0.25) is 0 Å². The lowest BCUT2D eigenvalue weighted by Gasteiger charge is -2.37. The number of hydrogen-bond donors (Lipinski definition) is 1. The fourth-order valence-corrected chi connectivity index (χ4v) is 4.52. The molecular weight excluding hydrogens is 360 g/mol. The molecule has 1 aliphatic carbocycles. The second-order valence-corrected chi connectivity index (χ2v) is 9.04. The van der Waals surface area contributed by atoms with E-state index in [2.05, 4.69) is 43.0 Å². The molecule has 1 saturated carbocycles. The van der Waals surface area contributed by atoms with Crippen molar-refractivity contribution in [3.63, 3.8) is 0 Å². The van der Waals surface area contributed by atoms with E-state index in [-0.39, 0.29) is 0 Å². The third-order valence-electron chi connectivity index (χ3n) is 7.03. The Balaban J connectivity index is 1.64. The number of nitrogens with zero attached hydrogens (tertiary/aromatic N) is 3. The molecule has 1 aromatic carbocycles. The van der Waals surface area contributed by atoms with E-state index in [1.807, 2.05) is 6.21 Å². The van der Waals surface area contributed by atoms with Gasteiger partial charge in [0, 0.05) is 47.9 Å². The highest BCUT2D eigenvalue weighted by Gasteiger charge is 2.28. The smallest absolute Gasteiger partial charge is 0.132 e. The Morgan fingerprint density at radius 2 is 1.90 bits per heavy atom. The Hall–Kier alpha value is -2.01. The van der Waals surface area contributed by atoms with Gasteiger partial charge in [-0.1, -0.05) is 0 Å². The van der Waals surface area contributed by atoms with Crippen LogP contribution < -0.4 is 15.4 Å². The summed E-state index contributed by atoms with van der Waals surface area (Å²) in [4.78, 5) is 9.65. The van der Waals surface area contributed by atoms with Gasteiger partial charge in [0.25, 0.3) is 0 Å². The molecule has 5 nitrogen and oxygen atoms in total. The first-order valence-corrected chi connectivity index (χ1v) is 11.3. The molecule has 0 amide bonds. The maximum Gasteiger partial charge on any atom is 0.132 e. The van der Waals surface area contributed by atoms with Crippen LogP contribution >= 0.6 is 0 Å². The van der Waals surface area contributed by atoms with Gasteiger partial charge in [-0.3, -0.25) is 4.99 Å². The van der Waals surface area contributed by atoms with Crippen molar-refractivity contribution in [1.29, 1.82) is 0 Å². The number of anilines is 1. The summed E-state index contributed by atoms with van der Waals surface area (Å²) in [6, 6.07) is 5.36. The maximum absolute atomic E-state index is 6.56. The van der Waals surface area contributed by atoms with Crippen molar-refractivity contribution in [1.82, 2.24) is 4.90 Å². The molecule has 0 radical (unpaired) electrons. The summed E-state index contributed by atoms with van der Waals surface area (Å²) in [6.07, 6.45) is 12.0. The van der Waals surface area contributed by atoms with E-state index in [0.29, 0.717) is 18.2 Å². The third-order valence-corrected chi connectivity index (χ3v) is 7.03. The number of piperidine rings is 1. The quantitative estimate of drug-likeness (QED) is 0.768. The number of nitrogens with two attached hydrogens (primary N) is 1. The summed E-state index contributed by atoms with van der Waals surface area (Å²) in [7, 11) is 4.37. The summed E-state index contributed by atoms with van der Waals surface area (Å²) >= 11 is 0. The zero-order valence-corrected chi connectivity index (χ0v) is 18.2. The minimum atomic E-state index is 0.342. The van der Waals surface area contributed by atoms with Crippen LogP contribution in [0.25, 0.3) is 5.57 Å². The molecule has 158 valence electrons. The molecule has 3 aliphatic rings. The second-order valence-electron chi connectivity index (χ2n) is 9.04. The Kier molecular flexibility index (Phi) is 6.14. The summed E-state index contributed by atoms with van der Waals surface area (Å²) in [5.74, 6) is 1.04. The number of ether oxygens (including phenoxy) is 1. The molecule has 0 spiro atoms. The number of fused-ring (bicyclic) bond motifs is 1. The van der Waals surface area contributed by atoms with Gasteiger partial charge in [-0.2, -0.15) is 0 Å². The normalized spacial score (nSPS) is 24.6. The number of benzene rings is 1. The SMILES string of the molecule is CC1CCc2c(ccc(C(C=NC3CCN(C)CC3)=CN)c2OC2CCC2)N1C. The van der Waals surface area contributed by atoms with E-state index in [0.717, 1.165) is 68.5 Å². The van der Waals surface area contributed by atoms with Gasteiger partial charge in [-0.25, -0.2) is 0 Å². The van der Waals surface area contributed by atoms with Crippen LogP contribution in [-0.2, 0) is 6.42 Å². The van der Waals surface area contributed by atoms with Crippen LogP contribution in [0.4, 0.5) is 5.69 Å². The first-order valence-electron chi connectivity index (χ1n) is 11.3. The molecule has 5 heteroatoms. The van der Waals surface area contributed by atoms with Gasteiger partial charge < -0.3 is 20.3 Å². The van der Waals surface area contributed by atoms with Gasteiger partial charge in [0.2, 0.25) is 0 Å². The number of allylic oxidation sites excluding steroid dienone is 1. The second kappa shape index (κ2) is 8.78. The van der Waals surface area contributed by atoms with E-state index in [9.17, 15) is 0 Å². The zero-order valence-electron chi connectivity index (χ0n) is 18.2. The topological polar surface area (TPSA) is 54.1 Å². The monoisotopic (exact) mass is 396 g/mol. The molecule has 2 aliphatic heterocycles. The number of hydrogen-bond acceptors (Lipinski definition) is 5. The predicted molar refractivity (Wildman–Crippen MR) is 122 cm³/mol. The van der Waals surface area contributed by atoms with Crippen molar-refractivity contribution >= 4 is 17.5 Å². The minimum absolute atomic E-state index is 0.342. The first kappa shape index (κ1) is 20.3. The van der Waals surface area contributed by atoms with Crippen molar-refractivity contribution < 1.29 is 4.74 Å². The van der Waals surface area contributed by atoms with E-state index in [1.165, 1.54) is 17.7 Å². The fraction of sp³-hybridized carbons (Fsp3) is 0.625. The van der Waals surface area contributed by atoms with Crippen LogP contribution in [0.5, 0.6) is 5.75 Å². The molecule has 1 atom stereocenters. The van der Waals surface area contributed by atoms with Crippen LogP contribution in [0, 0.1) is 0 Å². The van der Waals surface area contributed by atoms with Crippen molar-refractivity contribution in [2.24, 2.45) is 10.7 Å². The van der Waals surface area contributed by atoms with Gasteiger partial charge in [0.15, 0.2) is 0 Å². The van der Waals surface area contributed by atoms with Crippen LogP contribution in [-0.4, -0.2) is 56.5 Å². The van der Waals surface area contributed by atoms with Crippen molar-refractivity contribution in [2.75, 3.05) is 32.1 Å². The average Bonchev–Trinajstić information content (AvgIpc) is 2.70. The summed E-state index contributed by atoms with van der Waals surface area (Å²) in [5, 5.41) is 0. The summed E-state index contributed by atoms with van der Waals surface area (Å²) in [6.45, 7) is 4.52. The van der Waals surface area contributed by atoms with Crippen molar-refractivity contribution in [2.45, 2.75) is 70.1 Å². The number of aliphatic imine (C=N–C) groups is 1. The van der Waals surface area contributed by atoms with Crippen LogP contribution in [0.1, 0.15) is 56.6 Å². The van der Waals surface area contributed by atoms with Crippen LogP contribution in [0.15, 0.2) is 23.3 Å². The third kappa shape index (κ3) is 4.30. The highest BCUT2D eigenvalue weighted by atomic mass is 16.5. The molecular formula is C24H36N4O. The number of rotatable bonds is 5. The lowest BCUT2D eigenvalue weighted by Crippen LogP contribution is -2.34. The van der Waals surface area contributed by atoms with Crippen LogP contribution in [0.3, 0.4) is 0 Å². The molecule has 0 bridgehead atoms. The highest BCUT2D eigenvalue weighted by Crippen LogP contribution is 2.42. The highest BCUT2D eigenvalue weighted by molar-refractivity contribution is 6.11. The lowest BCUT2D eigenvalue weighted by atomic mass is 9.91. The Labute approximate surface area is 175 Å². The predicted octanol–water partition coefficient (Wildman–Crippen LogP) is 3.85. The Bertz CT molecular complexity index is 775. The lowest BCUT2D eigenvalue weighted by molar-refractivity contribution is 0.118. The molecule has 1 aromatic rings. The molecule has 1 unspecified atom stereocenters. The Morgan fingerprint density at radius 3 is 2.55 bits per heavy atom. The standard InChI is InChI=1S/C24H36N4O/c1-17-7-8-22-23(28(17)3)10-9-21(24(22)29-20-5-4-6-20)18(15-25)16-26-19-11-13-27(2)14-12-19/h9-10,15-17,19-20H,4-8,11-14,25H2,1-3H3. The molecule has 1 saturated heterocycles. The van der Waals surface area contributed by atoms with Gasteiger partial charge in [0.05, 0.1) is 12.1 Å². The zero-order chi connectivity index (χ0) is 20.4. The average molecular weight is 397 g/mol. The Morgan fingerprint density at radius 1 is 1.14 bits per heavy atom. The molecule has 2 fully saturated rings. The summed E-state index contributed by atoms with van der Waals surface area (Å²) in [5.41, 5.74) is 10.8. The molecule has 29 heavy (non-hydrogen) atoms. The van der Waals surface area contributed by atoms with E-state index < -0.39 is 0 Å². The molecule has 2 heterocycles. The first-order chi connectivity index (χ1) is 14.1. The van der Waals surface area contributed by atoms with Gasteiger partial charge in [-0.15, -0.1) is 0 Å².